The molecule has 7 aromatic rings. The number of ether oxygens (including phenoxy) is 1. The van der Waals surface area contributed by atoms with E-state index in [1.807, 2.05) is 11.3 Å². The van der Waals surface area contributed by atoms with E-state index in [4.69, 9.17) is 4.74 Å². The van der Waals surface area contributed by atoms with E-state index < -0.39 is 5.66 Å². The molecule has 33 heavy (non-hydrogen) atoms. The van der Waals surface area contributed by atoms with Crippen LogP contribution in [-0.2, 0) is 5.66 Å². The van der Waals surface area contributed by atoms with Crippen molar-refractivity contribution in [2.45, 2.75) is 5.66 Å². The highest BCUT2D eigenvalue weighted by Crippen LogP contribution is 2.57. The number of aromatic nitrogens is 2. The van der Waals surface area contributed by atoms with Crippen molar-refractivity contribution in [3.8, 4) is 11.5 Å². The quantitative estimate of drug-likeness (QED) is 0.206. The molecular formula is C29H14N2OS+2. The van der Waals surface area contributed by atoms with E-state index in [2.05, 4.69) is 93.6 Å². The van der Waals surface area contributed by atoms with Crippen LogP contribution in [0.25, 0.3) is 53.4 Å². The van der Waals surface area contributed by atoms with Crippen molar-refractivity contribution in [3.63, 3.8) is 0 Å². The molecular weight excluding hydrogens is 424 g/mol. The van der Waals surface area contributed by atoms with Gasteiger partial charge in [0.25, 0.3) is 0 Å². The molecule has 3 nitrogen and oxygen atoms in total. The molecule has 0 amide bonds. The van der Waals surface area contributed by atoms with Crippen molar-refractivity contribution in [1.29, 1.82) is 0 Å². The highest BCUT2D eigenvalue weighted by atomic mass is 32.1. The number of hydrogen-bond donors (Lipinski definition) is 0. The Morgan fingerprint density at radius 2 is 1.39 bits per heavy atom. The Hall–Kier alpha value is -4.02. The van der Waals surface area contributed by atoms with Crippen molar-refractivity contribution in [1.82, 2.24) is 0 Å². The molecule has 0 saturated heterocycles. The molecule has 0 N–H and O–H groups in total. The van der Waals surface area contributed by atoms with Crippen molar-refractivity contribution in [3.05, 3.63) is 95.6 Å². The normalized spacial score (nSPS) is 18.7. The fraction of sp³-hybridized carbons (Fsp3) is 0.0345. The number of benzene rings is 4. The Morgan fingerprint density at radius 3 is 2.33 bits per heavy atom. The van der Waals surface area contributed by atoms with E-state index in [0.717, 1.165) is 11.5 Å². The molecule has 4 heteroatoms. The minimum Gasteiger partial charge on any atom is -0.456 e. The molecule has 3 aliphatic heterocycles. The number of rotatable bonds is 0. The van der Waals surface area contributed by atoms with E-state index in [9.17, 15) is 0 Å². The van der Waals surface area contributed by atoms with Gasteiger partial charge < -0.3 is 4.74 Å². The summed E-state index contributed by atoms with van der Waals surface area (Å²) in [7, 11) is 0. The van der Waals surface area contributed by atoms with Crippen LogP contribution in [0.15, 0.2) is 84.5 Å². The Balaban J connectivity index is 1.61. The Kier molecular flexibility index (Phi) is 2.23. The summed E-state index contributed by atoms with van der Waals surface area (Å²) < 4.78 is 13.1. The molecule has 0 fully saturated rings. The summed E-state index contributed by atoms with van der Waals surface area (Å²) in [4.78, 5) is 0. The third-order valence-corrected chi connectivity index (χ3v) is 9.06. The highest BCUT2D eigenvalue weighted by molar-refractivity contribution is 7.18. The van der Waals surface area contributed by atoms with Crippen LogP contribution in [0, 0.1) is 0 Å². The molecule has 6 heterocycles. The molecule has 0 aliphatic carbocycles. The molecule has 0 bridgehead atoms. The van der Waals surface area contributed by atoms with Crippen LogP contribution in [0.2, 0.25) is 0 Å². The van der Waals surface area contributed by atoms with Crippen molar-refractivity contribution < 1.29 is 13.9 Å². The monoisotopic (exact) mass is 438 g/mol. The zero-order valence-electron chi connectivity index (χ0n) is 17.3. The van der Waals surface area contributed by atoms with E-state index in [1.165, 1.54) is 64.6 Å². The smallest absolute Gasteiger partial charge is 0.425 e. The Bertz CT molecular complexity index is 2120. The fourth-order valence-corrected chi connectivity index (χ4v) is 8.01. The second-order valence-electron chi connectivity index (χ2n) is 9.36. The van der Waals surface area contributed by atoms with Crippen LogP contribution in [0.1, 0.15) is 11.1 Å². The second-order valence-corrected chi connectivity index (χ2v) is 10.3. The van der Waals surface area contributed by atoms with Gasteiger partial charge >= 0.3 is 5.66 Å². The van der Waals surface area contributed by atoms with Crippen LogP contribution in [-0.4, -0.2) is 0 Å². The Labute approximate surface area is 191 Å². The van der Waals surface area contributed by atoms with Gasteiger partial charge in [0, 0.05) is 33.0 Å². The van der Waals surface area contributed by atoms with Crippen molar-refractivity contribution in [2.24, 2.45) is 0 Å². The number of nitrogens with zero attached hydrogens (tertiary/aromatic N) is 2. The number of fused-ring (bicyclic) bond motifs is 3. The lowest BCUT2D eigenvalue weighted by Gasteiger charge is -2.26. The highest BCUT2D eigenvalue weighted by Gasteiger charge is 2.69. The van der Waals surface area contributed by atoms with Gasteiger partial charge in [-0.1, -0.05) is 12.1 Å². The molecule has 3 aromatic heterocycles. The predicted octanol–water partition coefficient (Wildman–Crippen LogP) is 6.12. The molecule has 0 saturated carbocycles. The van der Waals surface area contributed by atoms with Gasteiger partial charge in [-0.25, -0.2) is 0 Å². The molecule has 150 valence electrons. The topological polar surface area (TPSA) is 17.0 Å². The molecule has 1 unspecified atom stereocenters. The predicted molar refractivity (Wildman–Crippen MR) is 130 cm³/mol. The van der Waals surface area contributed by atoms with Gasteiger partial charge in [0.1, 0.15) is 11.5 Å². The van der Waals surface area contributed by atoms with Crippen molar-refractivity contribution in [2.75, 3.05) is 0 Å². The van der Waals surface area contributed by atoms with E-state index >= 15 is 0 Å². The molecule has 1 spiro atoms. The van der Waals surface area contributed by atoms with Gasteiger partial charge in [0.15, 0.2) is 23.5 Å². The van der Waals surface area contributed by atoms with E-state index in [0.29, 0.717) is 0 Å². The lowest BCUT2D eigenvalue weighted by Crippen LogP contribution is -2.72. The summed E-state index contributed by atoms with van der Waals surface area (Å²) in [5, 5.41) is 11.4. The van der Waals surface area contributed by atoms with Gasteiger partial charge in [-0.05, 0) is 53.2 Å². The molecule has 3 aliphatic rings. The summed E-state index contributed by atoms with van der Waals surface area (Å²) in [6.45, 7) is 0. The van der Waals surface area contributed by atoms with Crippen LogP contribution < -0.4 is 13.9 Å². The summed E-state index contributed by atoms with van der Waals surface area (Å²) in [5.41, 5.74) is 4.67. The minimum absolute atomic E-state index is 0.476. The maximum Gasteiger partial charge on any atom is 0.425 e. The summed E-state index contributed by atoms with van der Waals surface area (Å²) in [6.07, 6.45) is 4.54. The Morgan fingerprint density at radius 1 is 0.636 bits per heavy atom. The average Bonchev–Trinajstić information content (AvgIpc) is 3.55. The van der Waals surface area contributed by atoms with Gasteiger partial charge in [0.05, 0.1) is 16.2 Å². The molecule has 4 aromatic carbocycles. The van der Waals surface area contributed by atoms with Gasteiger partial charge in [-0.15, -0.1) is 20.5 Å². The first-order chi connectivity index (χ1) is 16.4. The fourth-order valence-electron chi connectivity index (χ4n) is 7.07. The maximum absolute atomic E-state index is 6.68. The van der Waals surface area contributed by atoms with Gasteiger partial charge in [-0.2, -0.15) is 0 Å². The molecule has 1 atom stereocenters. The molecule has 0 radical (unpaired) electrons. The lowest BCUT2D eigenvalue weighted by molar-refractivity contribution is -0.945. The average molecular weight is 439 g/mol. The summed E-state index contributed by atoms with van der Waals surface area (Å²) in [6, 6.07) is 24.5. The first-order valence-corrected chi connectivity index (χ1v) is 12.2. The third-order valence-electron chi connectivity index (χ3n) is 8.12. The minimum atomic E-state index is -0.476. The number of thiophene rings is 1. The zero-order chi connectivity index (χ0) is 21.1. The lowest BCUT2D eigenvalue weighted by atomic mass is 9.86. The van der Waals surface area contributed by atoms with Crippen LogP contribution in [0.4, 0.5) is 0 Å². The number of hydrogen-bond acceptors (Lipinski definition) is 2. The second kappa shape index (κ2) is 4.68. The molecule has 10 rings (SSSR count). The van der Waals surface area contributed by atoms with E-state index in [1.54, 1.807) is 0 Å². The largest absolute Gasteiger partial charge is 0.456 e. The van der Waals surface area contributed by atoms with Crippen molar-refractivity contribution >= 4 is 64.8 Å². The van der Waals surface area contributed by atoms with E-state index in [-0.39, 0.29) is 0 Å². The first-order valence-electron chi connectivity index (χ1n) is 11.3. The number of pyridine rings is 2. The first kappa shape index (κ1) is 15.7. The van der Waals surface area contributed by atoms with Gasteiger partial charge in [0.2, 0.25) is 11.0 Å². The van der Waals surface area contributed by atoms with Crippen LogP contribution >= 0.6 is 11.3 Å². The SMILES string of the molecule is c1cc2ccc3ccc4c5c3c2[n+](c1)C51c2c(ccc3c5sccc5c5ccc[n+]1c5c23)O4. The van der Waals surface area contributed by atoms with Crippen LogP contribution in [0.3, 0.4) is 0 Å². The standard InChI is InChI=1S/C29H14N2OS/c1-3-16-6-5-15-7-9-20-24-22(15)26(16)30(12-1)29(24)25-21(32-20)10-8-19-23(25)27-17(4-2-13-31(27)29)18-11-14-33-28(18)19/h1-14H/q+2. The maximum atomic E-state index is 6.68. The zero-order valence-corrected chi connectivity index (χ0v) is 18.1. The summed E-state index contributed by atoms with van der Waals surface area (Å²) in [5.74, 6) is 1.93. The third kappa shape index (κ3) is 1.38. The van der Waals surface area contributed by atoms with Gasteiger partial charge in [-0.3, -0.25) is 0 Å². The summed E-state index contributed by atoms with van der Waals surface area (Å²) >= 11 is 1.83. The van der Waals surface area contributed by atoms with Crippen LogP contribution in [0.5, 0.6) is 11.5 Å².